The SMILES string of the molecule is CCCCN(CCCC)CC1(CNCCC)CCOCC1. The van der Waals surface area contributed by atoms with Crippen LogP contribution in [0.2, 0.25) is 0 Å². The number of nitrogens with zero attached hydrogens (tertiary/aromatic N) is 1. The molecule has 0 radical (unpaired) electrons. The zero-order valence-corrected chi connectivity index (χ0v) is 14.8. The fourth-order valence-electron chi connectivity index (χ4n) is 3.23. The van der Waals surface area contributed by atoms with E-state index in [0.29, 0.717) is 5.41 Å². The third-order valence-corrected chi connectivity index (χ3v) is 4.70. The van der Waals surface area contributed by atoms with Crippen LogP contribution in [-0.2, 0) is 4.74 Å². The van der Waals surface area contributed by atoms with Crippen molar-refractivity contribution in [3.05, 3.63) is 0 Å². The van der Waals surface area contributed by atoms with Crippen molar-refractivity contribution in [3.8, 4) is 0 Å². The Morgan fingerprint density at radius 3 is 2.10 bits per heavy atom. The van der Waals surface area contributed by atoms with E-state index in [1.165, 1.54) is 71.1 Å². The first-order valence-electron chi connectivity index (χ1n) is 9.27. The molecule has 3 nitrogen and oxygen atoms in total. The molecule has 0 unspecified atom stereocenters. The summed E-state index contributed by atoms with van der Waals surface area (Å²) >= 11 is 0. The molecule has 21 heavy (non-hydrogen) atoms. The Morgan fingerprint density at radius 2 is 1.57 bits per heavy atom. The van der Waals surface area contributed by atoms with Crippen molar-refractivity contribution < 1.29 is 4.74 Å². The molecule has 0 bridgehead atoms. The van der Waals surface area contributed by atoms with Crippen molar-refractivity contribution in [2.45, 2.75) is 65.7 Å². The molecule has 0 saturated carbocycles. The van der Waals surface area contributed by atoms with Gasteiger partial charge in [0.1, 0.15) is 0 Å². The molecule has 0 amide bonds. The first-order chi connectivity index (χ1) is 10.3. The van der Waals surface area contributed by atoms with Crippen LogP contribution in [0, 0.1) is 5.41 Å². The fraction of sp³-hybridized carbons (Fsp3) is 1.00. The third-order valence-electron chi connectivity index (χ3n) is 4.70. The van der Waals surface area contributed by atoms with Crippen molar-refractivity contribution in [3.63, 3.8) is 0 Å². The molecule has 1 fully saturated rings. The molecule has 126 valence electrons. The van der Waals surface area contributed by atoms with Gasteiger partial charge in [-0.3, -0.25) is 0 Å². The van der Waals surface area contributed by atoms with E-state index in [2.05, 4.69) is 31.0 Å². The molecule has 1 aliphatic rings. The van der Waals surface area contributed by atoms with Crippen molar-refractivity contribution >= 4 is 0 Å². The van der Waals surface area contributed by atoms with Gasteiger partial charge in [-0.1, -0.05) is 33.6 Å². The second-order valence-electron chi connectivity index (χ2n) is 6.77. The van der Waals surface area contributed by atoms with E-state index in [1.807, 2.05) is 0 Å². The van der Waals surface area contributed by atoms with Gasteiger partial charge in [0, 0.05) is 26.3 Å². The molecular formula is C18H38N2O. The minimum Gasteiger partial charge on any atom is -0.381 e. The van der Waals surface area contributed by atoms with Gasteiger partial charge in [0.2, 0.25) is 0 Å². The highest BCUT2D eigenvalue weighted by atomic mass is 16.5. The molecular weight excluding hydrogens is 260 g/mol. The van der Waals surface area contributed by atoms with Crippen LogP contribution in [0.4, 0.5) is 0 Å². The van der Waals surface area contributed by atoms with Gasteiger partial charge in [0.05, 0.1) is 0 Å². The Labute approximate surface area is 132 Å². The van der Waals surface area contributed by atoms with Gasteiger partial charge in [-0.25, -0.2) is 0 Å². The molecule has 0 spiro atoms. The summed E-state index contributed by atoms with van der Waals surface area (Å²) < 4.78 is 5.63. The fourth-order valence-corrected chi connectivity index (χ4v) is 3.23. The van der Waals surface area contributed by atoms with Crippen LogP contribution in [0.25, 0.3) is 0 Å². The second kappa shape index (κ2) is 11.4. The van der Waals surface area contributed by atoms with Crippen LogP contribution in [0.15, 0.2) is 0 Å². The summed E-state index contributed by atoms with van der Waals surface area (Å²) in [5, 5.41) is 3.68. The van der Waals surface area contributed by atoms with Crippen LogP contribution in [-0.4, -0.2) is 50.8 Å². The lowest BCUT2D eigenvalue weighted by Gasteiger charge is -2.41. The minimum absolute atomic E-state index is 0.439. The molecule has 0 aromatic rings. The molecule has 0 atom stereocenters. The lowest BCUT2D eigenvalue weighted by atomic mass is 9.79. The Hall–Kier alpha value is -0.120. The first-order valence-corrected chi connectivity index (χ1v) is 9.27. The predicted molar refractivity (Wildman–Crippen MR) is 91.9 cm³/mol. The van der Waals surface area contributed by atoms with E-state index in [0.717, 1.165) is 19.8 Å². The number of ether oxygens (including phenoxy) is 1. The molecule has 1 saturated heterocycles. The standard InChI is InChI=1S/C18H38N2O/c1-4-7-12-20(13-8-5-2)17-18(16-19-11-6-3)9-14-21-15-10-18/h19H,4-17H2,1-3H3. The molecule has 1 aliphatic heterocycles. The monoisotopic (exact) mass is 298 g/mol. The molecule has 0 aromatic heterocycles. The number of unbranched alkanes of at least 4 members (excludes halogenated alkanes) is 2. The minimum atomic E-state index is 0.439. The number of hydrogen-bond donors (Lipinski definition) is 1. The Morgan fingerprint density at radius 1 is 0.952 bits per heavy atom. The summed E-state index contributed by atoms with van der Waals surface area (Å²) in [6, 6.07) is 0. The smallest absolute Gasteiger partial charge is 0.0472 e. The topological polar surface area (TPSA) is 24.5 Å². The van der Waals surface area contributed by atoms with Gasteiger partial charge in [0.15, 0.2) is 0 Å². The summed E-state index contributed by atoms with van der Waals surface area (Å²) in [7, 11) is 0. The predicted octanol–water partition coefficient (Wildman–Crippen LogP) is 3.69. The molecule has 0 aromatic carbocycles. The summed E-state index contributed by atoms with van der Waals surface area (Å²) in [5.41, 5.74) is 0.439. The van der Waals surface area contributed by atoms with Gasteiger partial charge in [0.25, 0.3) is 0 Å². The van der Waals surface area contributed by atoms with E-state index in [4.69, 9.17) is 4.74 Å². The quantitative estimate of drug-likeness (QED) is 0.556. The van der Waals surface area contributed by atoms with Gasteiger partial charge < -0.3 is 15.0 Å². The highest BCUT2D eigenvalue weighted by molar-refractivity contribution is 4.87. The zero-order valence-electron chi connectivity index (χ0n) is 14.8. The number of nitrogens with one attached hydrogen (secondary N) is 1. The maximum absolute atomic E-state index is 5.63. The van der Waals surface area contributed by atoms with Crippen LogP contribution >= 0.6 is 0 Å². The van der Waals surface area contributed by atoms with Crippen molar-refractivity contribution in [1.29, 1.82) is 0 Å². The Balaban J connectivity index is 2.56. The molecule has 0 aliphatic carbocycles. The van der Waals surface area contributed by atoms with Crippen LogP contribution in [0.5, 0.6) is 0 Å². The van der Waals surface area contributed by atoms with E-state index >= 15 is 0 Å². The third kappa shape index (κ3) is 7.62. The van der Waals surface area contributed by atoms with E-state index < -0.39 is 0 Å². The average Bonchev–Trinajstić information content (AvgIpc) is 2.51. The van der Waals surface area contributed by atoms with Crippen molar-refractivity contribution in [1.82, 2.24) is 10.2 Å². The second-order valence-corrected chi connectivity index (χ2v) is 6.77. The number of hydrogen-bond acceptors (Lipinski definition) is 3. The lowest BCUT2D eigenvalue weighted by Crippen LogP contribution is -2.48. The van der Waals surface area contributed by atoms with E-state index in [1.54, 1.807) is 0 Å². The first kappa shape index (κ1) is 18.9. The Bertz CT molecular complexity index is 231. The zero-order chi connectivity index (χ0) is 15.4. The maximum Gasteiger partial charge on any atom is 0.0472 e. The lowest BCUT2D eigenvalue weighted by molar-refractivity contribution is -0.00472. The van der Waals surface area contributed by atoms with Gasteiger partial charge >= 0.3 is 0 Å². The summed E-state index contributed by atoms with van der Waals surface area (Å²) in [5.74, 6) is 0. The average molecular weight is 299 g/mol. The van der Waals surface area contributed by atoms with Crippen molar-refractivity contribution in [2.24, 2.45) is 5.41 Å². The van der Waals surface area contributed by atoms with E-state index in [-0.39, 0.29) is 0 Å². The highest BCUT2D eigenvalue weighted by Crippen LogP contribution is 2.31. The van der Waals surface area contributed by atoms with Crippen molar-refractivity contribution in [2.75, 3.05) is 45.9 Å². The summed E-state index contributed by atoms with van der Waals surface area (Å²) in [6.07, 6.45) is 8.93. The summed E-state index contributed by atoms with van der Waals surface area (Å²) in [4.78, 5) is 2.73. The normalized spacial score (nSPS) is 18.3. The largest absolute Gasteiger partial charge is 0.381 e. The van der Waals surface area contributed by atoms with Gasteiger partial charge in [-0.2, -0.15) is 0 Å². The Kier molecular flexibility index (Phi) is 10.3. The van der Waals surface area contributed by atoms with Crippen LogP contribution in [0.3, 0.4) is 0 Å². The molecule has 3 heteroatoms. The van der Waals surface area contributed by atoms with Gasteiger partial charge in [-0.15, -0.1) is 0 Å². The highest BCUT2D eigenvalue weighted by Gasteiger charge is 2.33. The van der Waals surface area contributed by atoms with Crippen LogP contribution in [0.1, 0.15) is 65.7 Å². The summed E-state index contributed by atoms with van der Waals surface area (Å²) in [6.45, 7) is 14.8. The molecule has 1 rings (SSSR count). The van der Waals surface area contributed by atoms with Crippen LogP contribution < -0.4 is 5.32 Å². The van der Waals surface area contributed by atoms with Gasteiger partial charge in [-0.05, 0) is 57.2 Å². The molecule has 1 N–H and O–H groups in total. The maximum atomic E-state index is 5.63. The molecule has 1 heterocycles. The van der Waals surface area contributed by atoms with E-state index in [9.17, 15) is 0 Å². The number of rotatable bonds is 12.